The molecule has 2 aliphatic rings. The van der Waals surface area contributed by atoms with Crippen molar-refractivity contribution in [1.29, 1.82) is 5.26 Å². The average Bonchev–Trinajstić information content (AvgIpc) is 3.55. The highest BCUT2D eigenvalue weighted by atomic mass is 19.4. The van der Waals surface area contributed by atoms with Crippen molar-refractivity contribution in [1.82, 2.24) is 0 Å². The first-order valence-corrected chi connectivity index (χ1v) is 13.0. The van der Waals surface area contributed by atoms with E-state index in [4.69, 9.17) is 9.47 Å². The molecular formula is C30H26F3N3O5. The SMILES string of the molecule is CCCN(c1cccc(C#N)c1)c1cccc2c1OC[C@H]2N(C(=O)C(F)(F)F)c1ccc2c(c1)OC[C@H]2CC(=O)O. The summed E-state index contributed by atoms with van der Waals surface area (Å²) in [4.78, 5) is 26.7. The first kappa shape index (κ1) is 27.8. The molecular weight excluding hydrogens is 539 g/mol. The molecule has 0 saturated heterocycles. The van der Waals surface area contributed by atoms with Gasteiger partial charge in [0.1, 0.15) is 18.1 Å². The molecule has 212 valence electrons. The molecule has 0 saturated carbocycles. The number of carboxylic acid groups (broad SMARTS) is 1. The van der Waals surface area contributed by atoms with Crippen LogP contribution in [0.2, 0.25) is 0 Å². The summed E-state index contributed by atoms with van der Waals surface area (Å²) in [5.74, 6) is -2.92. The van der Waals surface area contributed by atoms with E-state index in [1.54, 1.807) is 36.4 Å². The topological polar surface area (TPSA) is 103 Å². The van der Waals surface area contributed by atoms with Crippen molar-refractivity contribution in [3.05, 3.63) is 77.4 Å². The maximum atomic E-state index is 13.9. The second kappa shape index (κ2) is 11.0. The Labute approximate surface area is 234 Å². The maximum absolute atomic E-state index is 13.9. The monoisotopic (exact) mass is 565 g/mol. The van der Waals surface area contributed by atoms with E-state index in [2.05, 4.69) is 6.07 Å². The second-order valence-electron chi connectivity index (χ2n) is 9.84. The summed E-state index contributed by atoms with van der Waals surface area (Å²) in [5, 5.41) is 18.5. The Balaban J connectivity index is 1.56. The van der Waals surface area contributed by atoms with Crippen molar-refractivity contribution in [3.8, 4) is 17.6 Å². The van der Waals surface area contributed by atoms with E-state index in [1.165, 1.54) is 18.2 Å². The Morgan fingerprint density at radius 3 is 2.51 bits per heavy atom. The number of carbonyl (C=O) groups is 2. The van der Waals surface area contributed by atoms with Gasteiger partial charge in [0, 0.05) is 41.0 Å². The van der Waals surface area contributed by atoms with E-state index >= 15 is 0 Å². The molecule has 3 aromatic carbocycles. The molecule has 2 aliphatic heterocycles. The number of fused-ring (bicyclic) bond motifs is 2. The van der Waals surface area contributed by atoms with Crippen LogP contribution in [0.25, 0.3) is 0 Å². The number of benzene rings is 3. The average molecular weight is 566 g/mol. The first-order chi connectivity index (χ1) is 19.6. The minimum atomic E-state index is -5.17. The fourth-order valence-electron chi connectivity index (χ4n) is 5.37. The van der Waals surface area contributed by atoms with Crippen LogP contribution in [0.4, 0.5) is 30.2 Å². The van der Waals surface area contributed by atoms with Crippen molar-refractivity contribution in [2.24, 2.45) is 0 Å². The third-order valence-electron chi connectivity index (χ3n) is 7.14. The zero-order chi connectivity index (χ0) is 29.3. The molecule has 8 nitrogen and oxygen atoms in total. The molecule has 0 fully saturated rings. The smallest absolute Gasteiger partial charge is 0.471 e. The molecule has 11 heteroatoms. The zero-order valence-electron chi connectivity index (χ0n) is 22.0. The van der Waals surface area contributed by atoms with Gasteiger partial charge in [-0.25, -0.2) is 0 Å². The third kappa shape index (κ3) is 5.37. The van der Waals surface area contributed by atoms with Crippen LogP contribution >= 0.6 is 0 Å². The number of carboxylic acids is 1. The van der Waals surface area contributed by atoms with E-state index in [9.17, 15) is 33.1 Å². The van der Waals surface area contributed by atoms with E-state index in [0.717, 1.165) is 12.1 Å². The van der Waals surface area contributed by atoms with Gasteiger partial charge in [-0.15, -0.1) is 0 Å². The number of para-hydroxylation sites is 1. The van der Waals surface area contributed by atoms with Crippen molar-refractivity contribution in [3.63, 3.8) is 0 Å². The Morgan fingerprint density at radius 2 is 1.80 bits per heavy atom. The maximum Gasteiger partial charge on any atom is 0.471 e. The molecule has 1 amide bonds. The Kier molecular flexibility index (Phi) is 7.49. The molecule has 0 bridgehead atoms. The number of amides is 1. The van der Waals surface area contributed by atoms with Gasteiger partial charge in [-0.05, 0) is 36.8 Å². The van der Waals surface area contributed by atoms with Gasteiger partial charge in [0.2, 0.25) is 0 Å². The lowest BCUT2D eigenvalue weighted by Crippen LogP contribution is -2.44. The highest BCUT2D eigenvalue weighted by Crippen LogP contribution is 2.48. The third-order valence-corrected chi connectivity index (χ3v) is 7.14. The molecule has 0 spiro atoms. The van der Waals surface area contributed by atoms with Crippen LogP contribution in [0, 0.1) is 11.3 Å². The number of alkyl halides is 3. The first-order valence-electron chi connectivity index (χ1n) is 13.0. The number of rotatable bonds is 8. The fourth-order valence-corrected chi connectivity index (χ4v) is 5.37. The quantitative estimate of drug-likeness (QED) is 0.353. The summed E-state index contributed by atoms with van der Waals surface area (Å²) in [6.45, 7) is 2.39. The van der Waals surface area contributed by atoms with Gasteiger partial charge in [-0.2, -0.15) is 18.4 Å². The molecule has 41 heavy (non-hydrogen) atoms. The van der Waals surface area contributed by atoms with Crippen molar-refractivity contribution in [2.45, 2.75) is 37.9 Å². The molecule has 0 unspecified atom stereocenters. The number of nitriles is 1. The highest BCUT2D eigenvalue weighted by Gasteiger charge is 2.48. The number of hydrogen-bond acceptors (Lipinski definition) is 6. The minimum absolute atomic E-state index is 0.0407. The van der Waals surface area contributed by atoms with Crippen LogP contribution in [0.15, 0.2) is 60.7 Å². The van der Waals surface area contributed by atoms with Gasteiger partial charge in [-0.1, -0.05) is 31.2 Å². The lowest BCUT2D eigenvalue weighted by atomic mass is 9.97. The molecule has 0 radical (unpaired) electrons. The summed E-state index contributed by atoms with van der Waals surface area (Å²) < 4.78 is 53.4. The Bertz CT molecular complexity index is 1530. The second-order valence-corrected chi connectivity index (χ2v) is 9.84. The molecule has 2 atom stereocenters. The number of halogens is 3. The van der Waals surface area contributed by atoms with Crippen LogP contribution in [0.1, 0.15) is 48.4 Å². The number of nitrogens with zero attached hydrogens (tertiary/aromatic N) is 3. The van der Waals surface area contributed by atoms with Gasteiger partial charge in [0.25, 0.3) is 0 Å². The predicted octanol–water partition coefficient (Wildman–Crippen LogP) is 6.09. The molecule has 2 heterocycles. The van der Waals surface area contributed by atoms with Crippen LogP contribution in [-0.4, -0.2) is 42.9 Å². The van der Waals surface area contributed by atoms with Gasteiger partial charge in [0.05, 0.1) is 36.4 Å². The van der Waals surface area contributed by atoms with Gasteiger partial charge in [-0.3, -0.25) is 14.5 Å². The molecule has 1 N–H and O–H groups in total. The predicted molar refractivity (Wildman–Crippen MR) is 144 cm³/mol. The van der Waals surface area contributed by atoms with Crippen LogP contribution < -0.4 is 19.3 Å². The van der Waals surface area contributed by atoms with Crippen molar-refractivity contribution >= 4 is 28.9 Å². The summed E-state index contributed by atoms with van der Waals surface area (Å²) in [7, 11) is 0. The normalized spacial score (nSPS) is 17.0. The van der Waals surface area contributed by atoms with E-state index in [0.29, 0.717) is 39.6 Å². The largest absolute Gasteiger partial charge is 0.493 e. The number of hydrogen-bond donors (Lipinski definition) is 1. The fraction of sp³-hybridized carbons (Fsp3) is 0.300. The number of anilines is 3. The number of aliphatic carboxylic acids is 1. The van der Waals surface area contributed by atoms with Crippen LogP contribution in [0.5, 0.6) is 11.5 Å². The summed E-state index contributed by atoms with van der Waals surface area (Å²) in [6, 6.07) is 17.4. The van der Waals surface area contributed by atoms with Gasteiger partial charge in [0.15, 0.2) is 0 Å². The lowest BCUT2D eigenvalue weighted by molar-refractivity contribution is -0.171. The summed E-state index contributed by atoms with van der Waals surface area (Å²) >= 11 is 0. The van der Waals surface area contributed by atoms with Crippen molar-refractivity contribution < 1.29 is 37.3 Å². The number of ether oxygens (including phenoxy) is 2. The minimum Gasteiger partial charge on any atom is -0.493 e. The van der Waals surface area contributed by atoms with Crippen molar-refractivity contribution in [2.75, 3.05) is 29.6 Å². The van der Waals surface area contributed by atoms with Crippen LogP contribution in [-0.2, 0) is 9.59 Å². The van der Waals surface area contributed by atoms with E-state index < -0.39 is 30.0 Å². The van der Waals surface area contributed by atoms with Gasteiger partial charge >= 0.3 is 18.1 Å². The molecule has 0 aromatic heterocycles. The summed E-state index contributed by atoms with van der Waals surface area (Å²) in [6.07, 6.45) is -4.62. The van der Waals surface area contributed by atoms with E-state index in [1.807, 2.05) is 17.9 Å². The molecule has 3 aromatic rings. The summed E-state index contributed by atoms with van der Waals surface area (Å²) in [5.41, 5.74) is 2.72. The van der Waals surface area contributed by atoms with E-state index in [-0.39, 0.29) is 31.1 Å². The molecule has 5 rings (SSSR count). The standard InChI is InChI=1S/C30H26F3N3O5/c1-2-11-35(20-6-3-5-18(12-20)15-34)24-8-4-7-23-25(17-41-28(23)24)36(29(39)30(31,32)33)21-9-10-22-19(13-27(37)38)16-40-26(22)14-21/h3-10,12,14,19,25H,2,11,13,16-17H2,1H3,(H,37,38)/t19-,25-/m1/s1. The Morgan fingerprint density at radius 1 is 1.02 bits per heavy atom. The van der Waals surface area contributed by atoms with Gasteiger partial charge < -0.3 is 19.5 Å². The van der Waals surface area contributed by atoms with Crippen LogP contribution in [0.3, 0.4) is 0 Å². The highest BCUT2D eigenvalue weighted by molar-refractivity contribution is 5.98. The number of carbonyl (C=O) groups excluding carboxylic acids is 1. The lowest BCUT2D eigenvalue weighted by Gasteiger charge is -2.30. The Hall–Kier alpha value is -4.72. The molecule has 0 aliphatic carbocycles. The zero-order valence-corrected chi connectivity index (χ0v) is 22.0.